The fourth-order valence-electron chi connectivity index (χ4n) is 2.66. The molecule has 4 aromatic rings. The number of thiazole rings is 1. The van der Waals surface area contributed by atoms with Crippen LogP contribution in [0.4, 0.5) is 0 Å². The van der Waals surface area contributed by atoms with E-state index in [2.05, 4.69) is 15.2 Å². The maximum Gasteiger partial charge on any atom is 0.258 e. The van der Waals surface area contributed by atoms with Crippen molar-refractivity contribution in [1.29, 1.82) is 0 Å². The number of fused-ring (bicyclic) bond motifs is 1. The molecule has 4 rings (SSSR count). The van der Waals surface area contributed by atoms with Gasteiger partial charge in [-0.3, -0.25) is 9.20 Å². The Hall–Kier alpha value is -2.65. The molecule has 0 aliphatic heterocycles. The van der Waals surface area contributed by atoms with E-state index in [1.54, 1.807) is 16.7 Å². The molecule has 138 valence electrons. The molecule has 3 aromatic heterocycles. The minimum atomic E-state index is -0.0649. The molecular formula is C18H17N5O2S2. The van der Waals surface area contributed by atoms with E-state index < -0.39 is 0 Å². The average molecular weight is 400 g/mol. The van der Waals surface area contributed by atoms with Crippen molar-refractivity contribution in [1.82, 2.24) is 24.1 Å². The summed E-state index contributed by atoms with van der Waals surface area (Å²) in [6.45, 7) is 2.60. The number of hydrogen-bond donors (Lipinski definition) is 0. The number of ether oxygens (including phenoxy) is 1. The van der Waals surface area contributed by atoms with Gasteiger partial charge < -0.3 is 9.30 Å². The number of benzene rings is 1. The summed E-state index contributed by atoms with van der Waals surface area (Å²) >= 11 is 2.95. The predicted molar refractivity (Wildman–Crippen MR) is 107 cm³/mol. The van der Waals surface area contributed by atoms with Gasteiger partial charge in [0.15, 0.2) is 15.9 Å². The Labute approximate surface area is 163 Å². The van der Waals surface area contributed by atoms with Gasteiger partial charge in [-0.1, -0.05) is 11.8 Å². The van der Waals surface area contributed by atoms with Gasteiger partial charge in [0.05, 0.1) is 12.3 Å². The molecule has 7 nitrogen and oxygen atoms in total. The Balaban J connectivity index is 1.52. The molecule has 0 aliphatic rings. The van der Waals surface area contributed by atoms with Crippen LogP contribution in [-0.4, -0.2) is 30.8 Å². The summed E-state index contributed by atoms with van der Waals surface area (Å²) in [6.07, 6.45) is 1.73. The van der Waals surface area contributed by atoms with Gasteiger partial charge in [-0.15, -0.1) is 21.5 Å². The number of thioether (sulfide) groups is 1. The molecule has 0 saturated heterocycles. The Morgan fingerprint density at radius 3 is 2.81 bits per heavy atom. The molecule has 0 spiro atoms. The standard InChI is InChI=1S/C18H17N5O2S2/c1-3-25-14-6-4-12(5-7-14)16-20-21-18(22(16)2)27-11-13-10-15(24)23-8-9-26-17(23)19-13/h4-10H,3,11H2,1-2H3. The van der Waals surface area contributed by atoms with E-state index in [0.717, 1.165) is 28.0 Å². The van der Waals surface area contributed by atoms with Gasteiger partial charge in [-0.2, -0.15) is 0 Å². The lowest BCUT2D eigenvalue weighted by atomic mass is 10.2. The lowest BCUT2D eigenvalue weighted by Crippen LogP contribution is -2.12. The highest BCUT2D eigenvalue weighted by Gasteiger charge is 2.12. The minimum absolute atomic E-state index is 0.0649. The van der Waals surface area contributed by atoms with Crippen LogP contribution in [0, 0.1) is 0 Å². The normalized spacial score (nSPS) is 11.2. The second-order valence-electron chi connectivity index (χ2n) is 5.75. The molecule has 0 atom stereocenters. The van der Waals surface area contributed by atoms with Crippen LogP contribution in [0.2, 0.25) is 0 Å². The van der Waals surface area contributed by atoms with E-state index in [4.69, 9.17) is 4.74 Å². The third-order valence-electron chi connectivity index (χ3n) is 3.96. The molecule has 9 heteroatoms. The summed E-state index contributed by atoms with van der Waals surface area (Å²) in [4.78, 5) is 17.3. The van der Waals surface area contributed by atoms with Crippen molar-refractivity contribution in [3.8, 4) is 17.1 Å². The number of nitrogens with zero attached hydrogens (tertiary/aromatic N) is 5. The van der Waals surface area contributed by atoms with Crippen LogP contribution in [0.5, 0.6) is 5.75 Å². The number of rotatable bonds is 6. The molecule has 0 amide bonds. The lowest BCUT2D eigenvalue weighted by molar-refractivity contribution is 0.340. The first kappa shape index (κ1) is 17.7. The third kappa shape index (κ3) is 3.60. The molecule has 3 heterocycles. The Morgan fingerprint density at radius 1 is 1.22 bits per heavy atom. The second kappa shape index (κ2) is 7.53. The van der Waals surface area contributed by atoms with Crippen molar-refractivity contribution in [2.45, 2.75) is 17.8 Å². The van der Waals surface area contributed by atoms with Gasteiger partial charge >= 0.3 is 0 Å². The lowest BCUT2D eigenvalue weighted by Gasteiger charge is -2.06. The van der Waals surface area contributed by atoms with Gasteiger partial charge in [0.1, 0.15) is 5.75 Å². The first-order chi connectivity index (χ1) is 13.2. The van der Waals surface area contributed by atoms with Gasteiger partial charge in [0.2, 0.25) is 0 Å². The number of hydrogen-bond acceptors (Lipinski definition) is 7. The first-order valence-electron chi connectivity index (χ1n) is 8.37. The smallest absolute Gasteiger partial charge is 0.258 e. The van der Waals surface area contributed by atoms with E-state index in [-0.39, 0.29) is 5.56 Å². The summed E-state index contributed by atoms with van der Waals surface area (Å²) in [7, 11) is 1.93. The van der Waals surface area contributed by atoms with Crippen LogP contribution in [0.15, 0.2) is 51.9 Å². The minimum Gasteiger partial charge on any atom is -0.494 e. The third-order valence-corrected chi connectivity index (χ3v) is 5.77. The quantitative estimate of drug-likeness (QED) is 0.464. The van der Waals surface area contributed by atoms with E-state index >= 15 is 0 Å². The second-order valence-corrected chi connectivity index (χ2v) is 7.57. The average Bonchev–Trinajstić information content (AvgIpc) is 3.28. The Morgan fingerprint density at radius 2 is 2.04 bits per heavy atom. The van der Waals surface area contributed by atoms with Crippen molar-refractivity contribution in [3.63, 3.8) is 0 Å². The first-order valence-corrected chi connectivity index (χ1v) is 10.2. The zero-order chi connectivity index (χ0) is 18.8. The van der Waals surface area contributed by atoms with Crippen LogP contribution >= 0.6 is 23.1 Å². The molecule has 0 unspecified atom stereocenters. The van der Waals surface area contributed by atoms with Gasteiger partial charge in [-0.25, -0.2) is 4.98 Å². The van der Waals surface area contributed by atoms with E-state index in [0.29, 0.717) is 17.3 Å². The predicted octanol–water partition coefficient (Wildman–Crippen LogP) is 3.24. The molecular weight excluding hydrogens is 382 g/mol. The zero-order valence-corrected chi connectivity index (χ0v) is 16.5. The maximum atomic E-state index is 12.1. The largest absolute Gasteiger partial charge is 0.494 e. The van der Waals surface area contributed by atoms with Crippen LogP contribution < -0.4 is 10.3 Å². The summed E-state index contributed by atoms with van der Waals surface area (Å²) < 4.78 is 8.96. The van der Waals surface area contributed by atoms with E-state index in [1.165, 1.54) is 23.1 Å². The fraction of sp³-hybridized carbons (Fsp3) is 0.222. The van der Waals surface area contributed by atoms with E-state index in [1.807, 2.05) is 48.2 Å². The van der Waals surface area contributed by atoms with Crippen molar-refractivity contribution in [2.75, 3.05) is 6.61 Å². The fourth-order valence-corrected chi connectivity index (χ4v) is 4.20. The zero-order valence-electron chi connectivity index (χ0n) is 14.8. The SMILES string of the molecule is CCOc1ccc(-c2nnc(SCc3cc(=O)n4ccsc4n3)n2C)cc1. The highest BCUT2D eigenvalue weighted by Crippen LogP contribution is 2.26. The Kier molecular flexibility index (Phi) is 4.95. The molecule has 0 aliphatic carbocycles. The Bertz CT molecular complexity index is 1130. The molecule has 0 saturated carbocycles. The van der Waals surface area contributed by atoms with Gasteiger partial charge in [0, 0.05) is 36.0 Å². The van der Waals surface area contributed by atoms with Crippen LogP contribution in [-0.2, 0) is 12.8 Å². The summed E-state index contributed by atoms with van der Waals surface area (Å²) in [5.74, 6) is 2.17. The molecule has 1 aromatic carbocycles. The summed E-state index contributed by atoms with van der Waals surface area (Å²) in [6, 6.07) is 9.35. The molecule has 0 N–H and O–H groups in total. The highest BCUT2D eigenvalue weighted by molar-refractivity contribution is 7.98. The number of aromatic nitrogens is 5. The molecule has 0 bridgehead atoms. The van der Waals surface area contributed by atoms with Gasteiger partial charge in [0.25, 0.3) is 5.56 Å². The molecule has 27 heavy (non-hydrogen) atoms. The van der Waals surface area contributed by atoms with Crippen molar-refractivity contribution in [2.24, 2.45) is 7.05 Å². The van der Waals surface area contributed by atoms with Crippen molar-refractivity contribution < 1.29 is 4.74 Å². The molecule has 0 radical (unpaired) electrons. The van der Waals surface area contributed by atoms with Crippen LogP contribution in [0.1, 0.15) is 12.6 Å². The van der Waals surface area contributed by atoms with Crippen LogP contribution in [0.3, 0.4) is 0 Å². The van der Waals surface area contributed by atoms with Crippen LogP contribution in [0.25, 0.3) is 16.3 Å². The monoisotopic (exact) mass is 399 g/mol. The summed E-state index contributed by atoms with van der Waals surface area (Å²) in [5.41, 5.74) is 1.64. The van der Waals surface area contributed by atoms with E-state index in [9.17, 15) is 4.79 Å². The highest BCUT2D eigenvalue weighted by atomic mass is 32.2. The topological polar surface area (TPSA) is 74.3 Å². The maximum absolute atomic E-state index is 12.1. The van der Waals surface area contributed by atoms with Crippen molar-refractivity contribution in [3.05, 3.63) is 58.0 Å². The molecule has 0 fully saturated rings. The van der Waals surface area contributed by atoms with Gasteiger partial charge in [-0.05, 0) is 31.2 Å². The summed E-state index contributed by atoms with van der Waals surface area (Å²) in [5, 5.41) is 11.2. The van der Waals surface area contributed by atoms with Crippen molar-refractivity contribution >= 4 is 28.1 Å².